The topological polar surface area (TPSA) is 6.48 Å². The van der Waals surface area contributed by atoms with Gasteiger partial charge in [0.2, 0.25) is 0 Å². The molecule has 0 aliphatic heterocycles. The minimum atomic E-state index is -0.355. The van der Waals surface area contributed by atoms with E-state index in [0.29, 0.717) is 24.2 Å². The molecule has 3 heteroatoms. The predicted molar refractivity (Wildman–Crippen MR) is 101 cm³/mol. The second-order valence-corrected chi connectivity index (χ2v) is 9.14. The molecule has 126 valence electrons. The van der Waals surface area contributed by atoms with E-state index >= 15 is 0 Å². The van der Waals surface area contributed by atoms with Gasteiger partial charge in [-0.1, -0.05) is 30.3 Å². The summed E-state index contributed by atoms with van der Waals surface area (Å²) in [7, 11) is -0.355. The molecule has 0 N–H and O–H groups in total. The number of hydrogen-bond donors (Lipinski definition) is 0. The lowest BCUT2D eigenvalue weighted by Crippen LogP contribution is -2.43. The van der Waals surface area contributed by atoms with Crippen molar-refractivity contribution in [2.75, 3.05) is 0 Å². The Labute approximate surface area is 139 Å². The Kier molecular flexibility index (Phi) is 8.03. The number of hydrogen-bond acceptors (Lipinski definition) is 2. The summed E-state index contributed by atoms with van der Waals surface area (Å²) in [6.45, 7) is 18.7. The van der Waals surface area contributed by atoms with E-state index in [1.807, 2.05) is 0 Å². The summed E-state index contributed by atoms with van der Waals surface area (Å²) in [5.74, 6) is 0. The molecule has 0 saturated carbocycles. The molecule has 0 aromatic heterocycles. The van der Waals surface area contributed by atoms with Crippen molar-refractivity contribution in [1.29, 1.82) is 0 Å². The van der Waals surface area contributed by atoms with Gasteiger partial charge in [-0.25, -0.2) is 0 Å². The van der Waals surface area contributed by atoms with Gasteiger partial charge in [-0.3, -0.25) is 9.34 Å². The van der Waals surface area contributed by atoms with Gasteiger partial charge in [0.1, 0.15) is 0 Å². The van der Waals surface area contributed by atoms with Gasteiger partial charge in [0, 0.05) is 38.6 Å². The molecule has 1 aromatic rings. The van der Waals surface area contributed by atoms with E-state index in [1.165, 1.54) is 5.56 Å². The lowest BCUT2D eigenvalue weighted by molar-refractivity contribution is 0.255. The average molecular weight is 322 g/mol. The van der Waals surface area contributed by atoms with Crippen molar-refractivity contribution in [3.8, 4) is 0 Å². The van der Waals surface area contributed by atoms with Crippen LogP contribution in [0.3, 0.4) is 0 Å². The Morgan fingerprint density at radius 1 is 0.682 bits per heavy atom. The molecule has 0 heterocycles. The predicted octanol–water partition coefficient (Wildman–Crippen LogP) is 5.74. The van der Waals surface area contributed by atoms with Crippen LogP contribution in [0, 0.1) is 0 Å². The zero-order valence-electron chi connectivity index (χ0n) is 15.7. The lowest BCUT2D eigenvalue weighted by Gasteiger charge is -2.47. The zero-order chi connectivity index (χ0) is 16.9. The van der Waals surface area contributed by atoms with Crippen molar-refractivity contribution in [2.24, 2.45) is 0 Å². The van der Waals surface area contributed by atoms with Crippen LogP contribution in [-0.2, 0) is 6.16 Å². The second kappa shape index (κ2) is 9.01. The fraction of sp³-hybridized carbons (Fsp3) is 0.684. The molecule has 0 spiro atoms. The van der Waals surface area contributed by atoms with Crippen LogP contribution >= 0.6 is 8.22 Å². The first-order chi connectivity index (χ1) is 10.3. The van der Waals surface area contributed by atoms with E-state index < -0.39 is 0 Å². The molecular weight excluding hydrogens is 287 g/mol. The summed E-state index contributed by atoms with van der Waals surface area (Å²) in [5, 5.41) is 0. The summed E-state index contributed by atoms with van der Waals surface area (Å²) in [6.07, 6.45) is 1.14. The van der Waals surface area contributed by atoms with Gasteiger partial charge in [-0.05, 0) is 61.0 Å². The largest absolute Gasteiger partial charge is 0.265 e. The van der Waals surface area contributed by atoms with E-state index in [2.05, 4.69) is 95.1 Å². The minimum Gasteiger partial charge on any atom is -0.265 e. The maximum Gasteiger partial charge on any atom is 0.0450 e. The number of benzene rings is 1. The Balaban J connectivity index is 3.18. The van der Waals surface area contributed by atoms with E-state index in [9.17, 15) is 0 Å². The number of nitrogens with zero attached hydrogens (tertiary/aromatic N) is 2. The van der Waals surface area contributed by atoms with Crippen LogP contribution in [-0.4, -0.2) is 33.5 Å². The second-order valence-electron chi connectivity index (χ2n) is 7.15. The summed E-state index contributed by atoms with van der Waals surface area (Å²) in [4.78, 5) is 0. The molecule has 0 saturated heterocycles. The van der Waals surface area contributed by atoms with Gasteiger partial charge in [0.15, 0.2) is 0 Å². The van der Waals surface area contributed by atoms with Crippen LogP contribution in [0.5, 0.6) is 0 Å². The Hall–Kier alpha value is -0.430. The van der Waals surface area contributed by atoms with Crippen LogP contribution in [0.15, 0.2) is 30.3 Å². The Morgan fingerprint density at radius 2 is 1.05 bits per heavy atom. The molecule has 0 bridgehead atoms. The SMILES string of the molecule is CC(C)N(C(C)C)P(Cc1ccccc1)N(C(C)C)C(C)C. The average Bonchev–Trinajstić information content (AvgIpc) is 2.37. The molecule has 1 aromatic carbocycles. The maximum absolute atomic E-state index is 2.72. The van der Waals surface area contributed by atoms with Gasteiger partial charge < -0.3 is 0 Å². The third-order valence-corrected chi connectivity index (χ3v) is 7.38. The Morgan fingerprint density at radius 3 is 1.36 bits per heavy atom. The highest BCUT2D eigenvalue weighted by Gasteiger charge is 2.32. The first-order valence-electron chi connectivity index (χ1n) is 8.63. The van der Waals surface area contributed by atoms with Gasteiger partial charge in [-0.2, -0.15) is 0 Å². The highest BCUT2D eigenvalue weighted by Crippen LogP contribution is 2.52. The lowest BCUT2D eigenvalue weighted by atomic mass is 10.2. The first-order valence-corrected chi connectivity index (χ1v) is 10.1. The smallest absolute Gasteiger partial charge is 0.0450 e. The van der Waals surface area contributed by atoms with Crippen molar-refractivity contribution >= 4 is 8.22 Å². The summed E-state index contributed by atoms with van der Waals surface area (Å²) in [5.41, 5.74) is 1.45. The normalized spacial score (nSPS) is 12.9. The van der Waals surface area contributed by atoms with Crippen molar-refractivity contribution in [3.05, 3.63) is 35.9 Å². The maximum atomic E-state index is 2.72. The standard InChI is InChI=1S/C19H35N2P/c1-15(2)20(16(3)4)22(21(17(5)6)18(7)8)14-19-12-10-9-11-13-19/h9-13,15-18H,14H2,1-8H3. The molecule has 22 heavy (non-hydrogen) atoms. The summed E-state index contributed by atoms with van der Waals surface area (Å²) >= 11 is 0. The van der Waals surface area contributed by atoms with Crippen molar-refractivity contribution in [3.63, 3.8) is 0 Å². The molecule has 0 aliphatic carbocycles. The monoisotopic (exact) mass is 322 g/mol. The molecule has 0 aliphatic rings. The van der Waals surface area contributed by atoms with Gasteiger partial charge in [0.05, 0.1) is 0 Å². The van der Waals surface area contributed by atoms with Crippen LogP contribution in [0.1, 0.15) is 61.0 Å². The van der Waals surface area contributed by atoms with E-state index in [1.54, 1.807) is 0 Å². The molecule has 0 unspecified atom stereocenters. The van der Waals surface area contributed by atoms with Crippen LogP contribution in [0.4, 0.5) is 0 Å². The highest BCUT2D eigenvalue weighted by molar-refractivity contribution is 7.51. The van der Waals surface area contributed by atoms with Gasteiger partial charge in [-0.15, -0.1) is 0 Å². The molecule has 1 rings (SSSR count). The molecule has 0 amide bonds. The van der Waals surface area contributed by atoms with Gasteiger partial charge >= 0.3 is 0 Å². The van der Waals surface area contributed by atoms with Crippen LogP contribution in [0.25, 0.3) is 0 Å². The molecule has 2 nitrogen and oxygen atoms in total. The van der Waals surface area contributed by atoms with E-state index in [4.69, 9.17) is 0 Å². The minimum absolute atomic E-state index is 0.355. The summed E-state index contributed by atoms with van der Waals surface area (Å²) in [6, 6.07) is 13.2. The molecule has 0 atom stereocenters. The third kappa shape index (κ3) is 5.33. The quantitative estimate of drug-likeness (QED) is 0.563. The molecule has 0 radical (unpaired) electrons. The van der Waals surface area contributed by atoms with Gasteiger partial charge in [0.25, 0.3) is 0 Å². The zero-order valence-corrected chi connectivity index (χ0v) is 16.6. The van der Waals surface area contributed by atoms with E-state index in [0.717, 1.165) is 6.16 Å². The fourth-order valence-corrected chi connectivity index (χ4v) is 6.52. The van der Waals surface area contributed by atoms with Crippen LogP contribution in [0.2, 0.25) is 0 Å². The molecular formula is C19H35N2P. The van der Waals surface area contributed by atoms with Crippen LogP contribution < -0.4 is 0 Å². The summed E-state index contributed by atoms with van der Waals surface area (Å²) < 4.78 is 5.45. The Bertz CT molecular complexity index is 379. The third-order valence-electron chi connectivity index (χ3n) is 3.82. The van der Waals surface area contributed by atoms with E-state index in [-0.39, 0.29) is 8.22 Å². The van der Waals surface area contributed by atoms with Crippen molar-refractivity contribution < 1.29 is 0 Å². The fourth-order valence-electron chi connectivity index (χ4n) is 3.29. The molecule has 0 fully saturated rings. The van der Waals surface area contributed by atoms with Crippen molar-refractivity contribution in [1.82, 2.24) is 9.34 Å². The first kappa shape index (κ1) is 19.6. The number of rotatable bonds is 8. The highest BCUT2D eigenvalue weighted by atomic mass is 31.1. The van der Waals surface area contributed by atoms with Crippen molar-refractivity contribution in [2.45, 2.75) is 85.7 Å².